The number of carbonyl (C=O) groups excluding carboxylic acids is 2. The molecule has 0 aromatic heterocycles. The Morgan fingerprint density at radius 1 is 0.909 bits per heavy atom. The van der Waals surface area contributed by atoms with Crippen LogP contribution in [-0.2, 0) is 9.53 Å². The van der Waals surface area contributed by atoms with Crippen LogP contribution in [0.15, 0.2) is 66.7 Å². The third-order valence-electron chi connectivity index (χ3n) is 3.21. The van der Waals surface area contributed by atoms with Crippen LogP contribution < -0.4 is 0 Å². The van der Waals surface area contributed by atoms with Gasteiger partial charge in [-0.3, -0.25) is 4.79 Å². The maximum atomic E-state index is 12.6. The molecule has 22 heavy (non-hydrogen) atoms. The van der Waals surface area contributed by atoms with Crippen molar-refractivity contribution in [3.63, 3.8) is 0 Å². The fraction of sp³-hybridized carbons (Fsp3) is 0.111. The monoisotopic (exact) mass is 295 g/mol. The number of rotatable bonds is 4. The number of methoxy groups -OCH3 is 1. The van der Waals surface area contributed by atoms with E-state index in [0.717, 1.165) is 5.56 Å². The Morgan fingerprint density at radius 2 is 1.41 bits per heavy atom. The molecule has 1 amide bonds. The minimum Gasteiger partial charge on any atom is -0.466 e. The Morgan fingerprint density at radius 3 is 1.91 bits per heavy atom. The smallest absolute Gasteiger partial charge is 0.332 e. The van der Waals surface area contributed by atoms with Crippen molar-refractivity contribution in [3.05, 3.63) is 77.9 Å². The maximum Gasteiger partial charge on any atom is 0.332 e. The average Bonchev–Trinajstić information content (AvgIpc) is 2.59. The molecule has 0 N–H and O–H groups in total. The Balaban J connectivity index is 2.39. The van der Waals surface area contributed by atoms with E-state index < -0.39 is 5.97 Å². The summed E-state index contributed by atoms with van der Waals surface area (Å²) in [6.45, 7) is 0. The van der Waals surface area contributed by atoms with E-state index in [1.54, 1.807) is 31.3 Å². The Labute approximate surface area is 129 Å². The lowest BCUT2D eigenvalue weighted by Gasteiger charge is -2.21. The zero-order valence-corrected chi connectivity index (χ0v) is 12.5. The number of esters is 1. The first kappa shape index (κ1) is 15.5. The number of benzene rings is 2. The molecule has 0 unspecified atom stereocenters. The molecule has 0 bridgehead atoms. The highest BCUT2D eigenvalue weighted by Crippen LogP contribution is 2.20. The van der Waals surface area contributed by atoms with Crippen LogP contribution in [0.25, 0.3) is 5.70 Å². The van der Waals surface area contributed by atoms with Gasteiger partial charge in [-0.05, 0) is 17.7 Å². The molecule has 4 nitrogen and oxygen atoms in total. The summed E-state index contributed by atoms with van der Waals surface area (Å²) < 4.78 is 4.68. The van der Waals surface area contributed by atoms with Gasteiger partial charge in [0.1, 0.15) is 0 Å². The third-order valence-corrected chi connectivity index (χ3v) is 3.21. The molecule has 0 aliphatic rings. The largest absolute Gasteiger partial charge is 0.466 e. The normalized spacial score (nSPS) is 10.9. The van der Waals surface area contributed by atoms with Crippen LogP contribution in [-0.4, -0.2) is 30.9 Å². The van der Waals surface area contributed by atoms with Crippen molar-refractivity contribution >= 4 is 17.6 Å². The van der Waals surface area contributed by atoms with E-state index in [2.05, 4.69) is 4.74 Å². The average molecular weight is 295 g/mol. The number of carbonyl (C=O) groups is 2. The lowest BCUT2D eigenvalue weighted by molar-refractivity contribution is -0.134. The van der Waals surface area contributed by atoms with Gasteiger partial charge in [0.2, 0.25) is 0 Å². The van der Waals surface area contributed by atoms with Crippen molar-refractivity contribution in [1.29, 1.82) is 0 Å². The number of hydrogen-bond donors (Lipinski definition) is 0. The quantitative estimate of drug-likeness (QED) is 0.643. The van der Waals surface area contributed by atoms with Crippen LogP contribution in [0, 0.1) is 0 Å². The van der Waals surface area contributed by atoms with Gasteiger partial charge in [-0.15, -0.1) is 0 Å². The molecule has 0 heterocycles. The fourth-order valence-corrected chi connectivity index (χ4v) is 2.04. The van der Waals surface area contributed by atoms with Crippen LogP contribution in [0.2, 0.25) is 0 Å². The standard InChI is InChI=1S/C18H17NO3/c1-19(18(21)15-11-7-4-8-12-15)16(13-17(20)22-2)14-9-5-3-6-10-14/h3-13H,1-2H3. The van der Waals surface area contributed by atoms with E-state index >= 15 is 0 Å². The summed E-state index contributed by atoms with van der Waals surface area (Å²) in [5.41, 5.74) is 1.80. The van der Waals surface area contributed by atoms with E-state index in [1.807, 2.05) is 36.4 Å². The van der Waals surface area contributed by atoms with Crippen LogP contribution in [0.4, 0.5) is 0 Å². The highest BCUT2D eigenvalue weighted by molar-refractivity contribution is 6.02. The first-order valence-electron chi connectivity index (χ1n) is 6.81. The van der Waals surface area contributed by atoms with Crippen LogP contribution in [0.5, 0.6) is 0 Å². The summed E-state index contributed by atoms with van der Waals surface area (Å²) in [5, 5.41) is 0. The first-order chi connectivity index (χ1) is 10.6. The Kier molecular flexibility index (Phi) is 5.09. The topological polar surface area (TPSA) is 46.6 Å². The number of hydrogen-bond acceptors (Lipinski definition) is 3. The van der Waals surface area contributed by atoms with E-state index in [0.29, 0.717) is 11.3 Å². The summed E-state index contributed by atoms with van der Waals surface area (Å²) in [7, 11) is 2.94. The van der Waals surface area contributed by atoms with Crippen molar-refractivity contribution in [2.45, 2.75) is 0 Å². The molecule has 0 radical (unpaired) electrons. The van der Waals surface area contributed by atoms with Gasteiger partial charge >= 0.3 is 5.97 Å². The van der Waals surface area contributed by atoms with Crippen molar-refractivity contribution < 1.29 is 14.3 Å². The summed E-state index contributed by atoms with van der Waals surface area (Å²) in [6.07, 6.45) is 1.32. The SMILES string of the molecule is COC(=O)C=C(c1ccccc1)N(C)C(=O)c1ccccc1. The van der Waals surface area contributed by atoms with Crippen molar-refractivity contribution in [2.24, 2.45) is 0 Å². The molecule has 0 aliphatic heterocycles. The zero-order chi connectivity index (χ0) is 15.9. The van der Waals surface area contributed by atoms with E-state index in [9.17, 15) is 9.59 Å². The highest BCUT2D eigenvalue weighted by atomic mass is 16.5. The lowest BCUT2D eigenvalue weighted by Crippen LogP contribution is -2.26. The molecule has 2 aromatic rings. The summed E-state index contributed by atoms with van der Waals surface area (Å²) in [6, 6.07) is 18.2. The second kappa shape index (κ2) is 7.22. The van der Waals surface area contributed by atoms with Crippen LogP contribution in [0.1, 0.15) is 15.9 Å². The van der Waals surface area contributed by atoms with Crippen molar-refractivity contribution in [2.75, 3.05) is 14.2 Å². The summed E-state index contributed by atoms with van der Waals surface area (Å²) >= 11 is 0. The van der Waals surface area contributed by atoms with Gasteiger partial charge in [0.15, 0.2) is 0 Å². The summed E-state index contributed by atoms with van der Waals surface area (Å²) in [4.78, 5) is 25.6. The molecule has 0 saturated heterocycles. The van der Waals surface area contributed by atoms with Crippen LogP contribution >= 0.6 is 0 Å². The number of nitrogens with zero attached hydrogens (tertiary/aromatic N) is 1. The predicted molar refractivity (Wildman–Crippen MR) is 85.0 cm³/mol. The maximum absolute atomic E-state index is 12.6. The fourth-order valence-electron chi connectivity index (χ4n) is 2.04. The molecule has 0 saturated carbocycles. The minimum atomic E-state index is -0.508. The Bertz CT molecular complexity index is 678. The van der Waals surface area contributed by atoms with Gasteiger partial charge in [-0.1, -0.05) is 48.5 Å². The summed E-state index contributed by atoms with van der Waals surface area (Å²) in [5.74, 6) is -0.703. The van der Waals surface area contributed by atoms with E-state index in [-0.39, 0.29) is 5.91 Å². The van der Waals surface area contributed by atoms with Gasteiger partial charge in [0.25, 0.3) is 5.91 Å². The molecule has 0 atom stereocenters. The molecule has 112 valence electrons. The Hall–Kier alpha value is -2.88. The molecule has 2 rings (SSSR count). The van der Waals surface area contributed by atoms with Crippen molar-refractivity contribution in [1.82, 2.24) is 4.90 Å². The van der Waals surface area contributed by atoms with Gasteiger partial charge in [-0.25, -0.2) is 4.79 Å². The number of ether oxygens (including phenoxy) is 1. The molecular formula is C18H17NO3. The van der Waals surface area contributed by atoms with Gasteiger partial charge in [0, 0.05) is 18.7 Å². The first-order valence-corrected chi connectivity index (χ1v) is 6.81. The zero-order valence-electron chi connectivity index (χ0n) is 12.5. The predicted octanol–water partition coefficient (Wildman–Crippen LogP) is 2.97. The van der Waals surface area contributed by atoms with Gasteiger partial charge in [0.05, 0.1) is 12.8 Å². The molecule has 0 fully saturated rings. The second-order valence-electron chi connectivity index (χ2n) is 4.65. The van der Waals surface area contributed by atoms with Crippen LogP contribution in [0.3, 0.4) is 0 Å². The molecule has 0 spiro atoms. The highest BCUT2D eigenvalue weighted by Gasteiger charge is 2.18. The van der Waals surface area contributed by atoms with Gasteiger partial charge in [-0.2, -0.15) is 0 Å². The number of amides is 1. The lowest BCUT2D eigenvalue weighted by atomic mass is 10.1. The molecule has 0 aliphatic carbocycles. The van der Waals surface area contributed by atoms with Gasteiger partial charge < -0.3 is 9.64 Å². The van der Waals surface area contributed by atoms with E-state index in [4.69, 9.17) is 0 Å². The minimum absolute atomic E-state index is 0.195. The van der Waals surface area contributed by atoms with E-state index in [1.165, 1.54) is 18.1 Å². The molecular weight excluding hydrogens is 278 g/mol. The van der Waals surface area contributed by atoms with Crippen molar-refractivity contribution in [3.8, 4) is 0 Å². The second-order valence-corrected chi connectivity index (χ2v) is 4.65. The third kappa shape index (κ3) is 3.61. The molecule has 4 heteroatoms. The molecule has 2 aromatic carbocycles.